The number of ether oxygens (including phenoxy) is 2. The zero-order chi connectivity index (χ0) is 19.1. The molecular formula is C19H25ClN2O4. The van der Waals surface area contributed by atoms with E-state index in [1.165, 1.54) is 0 Å². The maximum absolute atomic E-state index is 10.6. The summed E-state index contributed by atoms with van der Waals surface area (Å²) in [6.45, 7) is 6.90. The maximum atomic E-state index is 10.6. The molecule has 26 heavy (non-hydrogen) atoms. The van der Waals surface area contributed by atoms with Gasteiger partial charge in [0.25, 0.3) is 0 Å². The Kier molecular flexibility index (Phi) is 7.33. The smallest absolute Gasteiger partial charge is 0.341 e. The Hall–Kier alpha value is -2.21. The number of aromatic nitrogens is 2. The summed E-state index contributed by atoms with van der Waals surface area (Å²) in [5, 5.41) is 13.6. The van der Waals surface area contributed by atoms with Crippen LogP contribution in [0.5, 0.6) is 11.6 Å². The van der Waals surface area contributed by atoms with Crippen molar-refractivity contribution in [3.63, 3.8) is 0 Å². The molecule has 1 aromatic heterocycles. The number of carboxylic acids is 1. The molecule has 0 fully saturated rings. The van der Waals surface area contributed by atoms with Gasteiger partial charge in [0.05, 0.1) is 13.2 Å². The molecule has 6 nitrogen and oxygen atoms in total. The fraction of sp³-hybridized carbons (Fsp3) is 0.474. The number of rotatable bonds is 10. The van der Waals surface area contributed by atoms with Crippen molar-refractivity contribution >= 4 is 17.6 Å². The van der Waals surface area contributed by atoms with Gasteiger partial charge < -0.3 is 14.6 Å². The second-order valence-corrected chi connectivity index (χ2v) is 6.65. The van der Waals surface area contributed by atoms with Crippen LogP contribution in [-0.4, -0.2) is 34.1 Å². The van der Waals surface area contributed by atoms with Crippen molar-refractivity contribution in [3.8, 4) is 11.6 Å². The summed E-state index contributed by atoms with van der Waals surface area (Å²) in [6.07, 6.45) is 2.14. The van der Waals surface area contributed by atoms with Gasteiger partial charge in [-0.15, -0.1) is 5.10 Å². The van der Waals surface area contributed by atoms with E-state index in [1.807, 2.05) is 25.1 Å². The molecular weight excluding hydrogens is 356 g/mol. The number of benzene rings is 1. The highest BCUT2D eigenvalue weighted by Crippen LogP contribution is 2.26. The van der Waals surface area contributed by atoms with Crippen LogP contribution in [0.2, 0.25) is 5.02 Å². The molecule has 0 unspecified atom stereocenters. The van der Waals surface area contributed by atoms with E-state index in [9.17, 15) is 4.79 Å². The molecule has 0 spiro atoms. The summed E-state index contributed by atoms with van der Waals surface area (Å²) in [4.78, 5) is 10.6. The van der Waals surface area contributed by atoms with Crippen LogP contribution in [0.4, 0.5) is 0 Å². The predicted octanol–water partition coefficient (Wildman–Crippen LogP) is 4.17. The molecule has 0 aliphatic carbocycles. The van der Waals surface area contributed by atoms with Crippen LogP contribution in [0.15, 0.2) is 24.3 Å². The second kappa shape index (κ2) is 9.48. The Bertz CT molecular complexity index is 741. The van der Waals surface area contributed by atoms with Crippen LogP contribution in [0.1, 0.15) is 37.9 Å². The molecule has 0 saturated heterocycles. The van der Waals surface area contributed by atoms with Gasteiger partial charge in [-0.1, -0.05) is 38.3 Å². The van der Waals surface area contributed by atoms with E-state index in [1.54, 1.807) is 10.7 Å². The summed E-state index contributed by atoms with van der Waals surface area (Å²) in [5.41, 5.74) is 1.77. The first-order valence-corrected chi connectivity index (χ1v) is 9.11. The van der Waals surface area contributed by atoms with Crippen molar-refractivity contribution in [2.24, 2.45) is 5.92 Å². The van der Waals surface area contributed by atoms with E-state index in [2.05, 4.69) is 18.9 Å². The minimum Gasteiger partial charge on any atom is -0.493 e. The van der Waals surface area contributed by atoms with Crippen LogP contribution in [0.3, 0.4) is 0 Å². The number of carboxylic acid groups (broad SMARTS) is 1. The molecule has 7 heteroatoms. The molecule has 1 heterocycles. The number of nitrogens with zero attached hydrogens (tertiary/aromatic N) is 2. The topological polar surface area (TPSA) is 73.6 Å². The van der Waals surface area contributed by atoms with Gasteiger partial charge in [-0.05, 0) is 31.0 Å². The average Bonchev–Trinajstić information content (AvgIpc) is 2.95. The monoisotopic (exact) mass is 380 g/mol. The summed E-state index contributed by atoms with van der Waals surface area (Å²) in [5.74, 6) is 0.542. The standard InChI is InChI=1S/C19H25ClN2O4/c1-4-14(5-2)11-25-17-7-6-16(20)9-15(17)10-22-13(3)8-18(21-22)26-12-19(23)24/h6-9,14H,4-5,10-12H2,1-3H3,(H,23,24). The van der Waals surface area contributed by atoms with E-state index >= 15 is 0 Å². The lowest BCUT2D eigenvalue weighted by atomic mass is 10.1. The van der Waals surface area contributed by atoms with Crippen molar-refractivity contribution in [1.82, 2.24) is 9.78 Å². The third-order valence-electron chi connectivity index (χ3n) is 4.27. The molecule has 2 rings (SSSR count). The first kappa shape index (κ1) is 20.1. The van der Waals surface area contributed by atoms with Crippen LogP contribution in [0, 0.1) is 12.8 Å². The molecule has 0 amide bonds. The summed E-state index contributed by atoms with van der Waals surface area (Å²) in [7, 11) is 0. The third kappa shape index (κ3) is 5.66. The Labute approximate surface area is 158 Å². The predicted molar refractivity (Wildman–Crippen MR) is 100 cm³/mol. The third-order valence-corrected chi connectivity index (χ3v) is 4.51. The summed E-state index contributed by atoms with van der Waals surface area (Å²) in [6, 6.07) is 7.26. The highest BCUT2D eigenvalue weighted by Gasteiger charge is 2.12. The van der Waals surface area contributed by atoms with Gasteiger partial charge in [0, 0.05) is 22.3 Å². The van der Waals surface area contributed by atoms with Gasteiger partial charge in [-0.25, -0.2) is 4.79 Å². The first-order valence-electron chi connectivity index (χ1n) is 8.73. The Morgan fingerprint density at radius 1 is 1.27 bits per heavy atom. The van der Waals surface area contributed by atoms with Crippen LogP contribution >= 0.6 is 11.6 Å². The molecule has 0 bridgehead atoms. The van der Waals surface area contributed by atoms with Gasteiger partial charge >= 0.3 is 5.97 Å². The molecule has 2 aromatic rings. The lowest BCUT2D eigenvalue weighted by Gasteiger charge is -2.17. The van der Waals surface area contributed by atoms with Crippen molar-refractivity contribution in [2.75, 3.05) is 13.2 Å². The van der Waals surface area contributed by atoms with Crippen molar-refractivity contribution in [2.45, 2.75) is 40.2 Å². The molecule has 142 valence electrons. The van der Waals surface area contributed by atoms with Gasteiger partial charge in [0.15, 0.2) is 6.61 Å². The lowest BCUT2D eigenvalue weighted by Crippen LogP contribution is -2.13. The van der Waals surface area contributed by atoms with Crippen molar-refractivity contribution < 1.29 is 19.4 Å². The number of hydrogen-bond donors (Lipinski definition) is 1. The summed E-state index contributed by atoms with van der Waals surface area (Å²) < 4.78 is 12.9. The van der Waals surface area contributed by atoms with Gasteiger partial charge in [-0.2, -0.15) is 0 Å². The largest absolute Gasteiger partial charge is 0.493 e. The number of carbonyl (C=O) groups is 1. The minimum absolute atomic E-state index is 0.284. The lowest BCUT2D eigenvalue weighted by molar-refractivity contribution is -0.139. The van der Waals surface area contributed by atoms with Crippen LogP contribution < -0.4 is 9.47 Å². The van der Waals surface area contributed by atoms with E-state index < -0.39 is 12.6 Å². The van der Waals surface area contributed by atoms with E-state index in [-0.39, 0.29) is 5.88 Å². The molecule has 0 atom stereocenters. The number of hydrogen-bond acceptors (Lipinski definition) is 4. The Morgan fingerprint density at radius 2 is 2.00 bits per heavy atom. The zero-order valence-corrected chi connectivity index (χ0v) is 16.1. The SMILES string of the molecule is CCC(CC)COc1ccc(Cl)cc1Cn1nc(OCC(=O)O)cc1C. The molecule has 1 N–H and O–H groups in total. The second-order valence-electron chi connectivity index (χ2n) is 6.21. The number of halogens is 1. The first-order chi connectivity index (χ1) is 12.4. The fourth-order valence-electron chi connectivity index (χ4n) is 2.55. The zero-order valence-electron chi connectivity index (χ0n) is 15.4. The Balaban J connectivity index is 2.15. The van der Waals surface area contributed by atoms with Crippen molar-refractivity contribution in [3.05, 3.63) is 40.5 Å². The van der Waals surface area contributed by atoms with Crippen LogP contribution in [0.25, 0.3) is 0 Å². The quantitative estimate of drug-likeness (QED) is 0.669. The molecule has 0 aliphatic heterocycles. The molecule has 0 aliphatic rings. The molecule has 1 aromatic carbocycles. The van der Waals surface area contributed by atoms with E-state index in [0.29, 0.717) is 24.1 Å². The van der Waals surface area contributed by atoms with Gasteiger partial charge in [0.1, 0.15) is 5.75 Å². The highest BCUT2D eigenvalue weighted by atomic mass is 35.5. The highest BCUT2D eigenvalue weighted by molar-refractivity contribution is 6.30. The normalized spacial score (nSPS) is 11.0. The van der Waals surface area contributed by atoms with E-state index in [4.69, 9.17) is 26.2 Å². The number of aliphatic carboxylic acids is 1. The fourth-order valence-corrected chi connectivity index (χ4v) is 2.75. The van der Waals surface area contributed by atoms with Gasteiger partial charge in [-0.3, -0.25) is 4.68 Å². The Morgan fingerprint density at radius 3 is 2.65 bits per heavy atom. The average molecular weight is 381 g/mol. The summed E-state index contributed by atoms with van der Waals surface area (Å²) >= 11 is 6.15. The van der Waals surface area contributed by atoms with Gasteiger partial charge in [0.2, 0.25) is 5.88 Å². The number of aryl methyl sites for hydroxylation is 1. The minimum atomic E-state index is -1.04. The molecule has 0 saturated carbocycles. The van der Waals surface area contributed by atoms with Crippen LogP contribution in [-0.2, 0) is 11.3 Å². The maximum Gasteiger partial charge on any atom is 0.341 e. The van der Waals surface area contributed by atoms with Crippen molar-refractivity contribution in [1.29, 1.82) is 0 Å². The van der Waals surface area contributed by atoms with E-state index in [0.717, 1.165) is 29.8 Å². The molecule has 0 radical (unpaired) electrons.